The van der Waals surface area contributed by atoms with Crippen LogP contribution in [0.3, 0.4) is 0 Å². The van der Waals surface area contributed by atoms with E-state index in [4.69, 9.17) is 0 Å². The fraction of sp³-hybridized carbons (Fsp3) is 0.667. The first kappa shape index (κ1) is 27.1. The molecule has 0 heterocycles. The Morgan fingerprint density at radius 1 is 0.808 bits per heavy atom. The van der Waals surface area contributed by atoms with Gasteiger partial charge in [-0.1, -0.05) is 13.2 Å². The molecule has 0 N–H and O–H groups in total. The number of hydrogen-bond donors (Lipinski definition) is 0. The van der Waals surface area contributed by atoms with Crippen LogP contribution in [-0.2, 0) is 20.0 Å². The maximum atomic E-state index is 11.4. The number of hydrogen-bond acceptors (Lipinski definition) is 4. The Kier molecular flexibility index (Phi) is 10.1. The van der Waals surface area contributed by atoms with Crippen molar-refractivity contribution in [3.8, 4) is 0 Å². The maximum absolute atomic E-state index is 11.4. The minimum atomic E-state index is -6.72. The van der Waals surface area contributed by atoms with Crippen LogP contribution in [-0.4, -0.2) is 58.5 Å². The molecular formula is C12H20F6N2O4S2. The van der Waals surface area contributed by atoms with E-state index >= 15 is 0 Å². The van der Waals surface area contributed by atoms with Gasteiger partial charge in [0.1, 0.15) is 0 Å². The zero-order valence-electron chi connectivity index (χ0n) is 14.0. The summed E-state index contributed by atoms with van der Waals surface area (Å²) in [7, 11) is -13.4. The highest BCUT2D eigenvalue weighted by Gasteiger charge is 2.46. The minimum absolute atomic E-state index is 0.778. The van der Waals surface area contributed by atoms with E-state index in [-0.39, 0.29) is 0 Å². The number of quaternary nitrogens is 1. The van der Waals surface area contributed by atoms with Gasteiger partial charge in [0.2, 0.25) is 0 Å². The first-order chi connectivity index (χ1) is 11.4. The third-order valence-corrected chi connectivity index (χ3v) is 5.90. The summed E-state index contributed by atoms with van der Waals surface area (Å²) in [6.45, 7) is 16.4. The molecule has 26 heavy (non-hydrogen) atoms. The quantitative estimate of drug-likeness (QED) is 0.334. The van der Waals surface area contributed by atoms with Crippen LogP contribution in [0.4, 0.5) is 26.3 Å². The van der Waals surface area contributed by atoms with Crippen LogP contribution in [0, 0.1) is 0 Å². The molecule has 0 aromatic rings. The lowest BCUT2D eigenvalue weighted by molar-refractivity contribution is -0.914. The summed E-state index contributed by atoms with van der Waals surface area (Å²) in [5.74, 6) is 0. The predicted octanol–water partition coefficient (Wildman–Crippen LogP) is 3.27. The van der Waals surface area contributed by atoms with E-state index in [0.717, 1.165) is 34.8 Å². The van der Waals surface area contributed by atoms with Gasteiger partial charge in [0.25, 0.3) is 0 Å². The molecule has 6 nitrogen and oxygen atoms in total. The van der Waals surface area contributed by atoms with E-state index in [0.29, 0.717) is 0 Å². The van der Waals surface area contributed by atoms with Gasteiger partial charge < -0.3 is 8.61 Å². The van der Waals surface area contributed by atoms with Gasteiger partial charge in [-0.05, 0) is 26.0 Å². The molecule has 0 rings (SSSR count). The van der Waals surface area contributed by atoms with Gasteiger partial charge in [-0.15, -0.1) is 0 Å². The number of rotatable bonds is 8. The van der Waals surface area contributed by atoms with E-state index in [1.165, 1.54) is 0 Å². The summed E-state index contributed by atoms with van der Waals surface area (Å²) >= 11 is 0. The molecule has 0 atom stereocenters. The molecule has 0 saturated carbocycles. The zero-order valence-corrected chi connectivity index (χ0v) is 15.6. The lowest BCUT2D eigenvalue weighted by Crippen LogP contribution is -2.47. The Bertz CT molecular complexity index is 611. The van der Waals surface area contributed by atoms with E-state index in [1.807, 2.05) is 12.2 Å². The lowest BCUT2D eigenvalue weighted by atomic mass is 10.3. The predicted molar refractivity (Wildman–Crippen MR) is 84.8 cm³/mol. The second kappa shape index (κ2) is 9.71. The molecule has 0 aliphatic carbocycles. The van der Waals surface area contributed by atoms with Crippen molar-refractivity contribution in [2.45, 2.75) is 24.9 Å². The van der Waals surface area contributed by atoms with Crippen LogP contribution in [0.5, 0.6) is 0 Å². The smallest absolute Gasteiger partial charge is 0.421 e. The number of halogens is 6. The van der Waals surface area contributed by atoms with Gasteiger partial charge in [0.05, 0.1) is 26.2 Å². The summed E-state index contributed by atoms with van der Waals surface area (Å²) in [4.78, 5) is 0. The molecule has 0 amide bonds. The molecule has 0 aliphatic rings. The number of likely N-dealkylation sites (N-methyl/N-ethyl adjacent to an activating group) is 1. The van der Waals surface area contributed by atoms with Crippen LogP contribution < -0.4 is 0 Å². The largest absolute Gasteiger partial charge is 0.480 e. The van der Waals surface area contributed by atoms with E-state index < -0.39 is 31.1 Å². The Hall–Kier alpha value is -1.12. The SMILES string of the molecule is C=CC[N+](CC)(CC)CC=C.O=S(=O)([N-]S(=O)(=O)C(F)(F)F)C(F)(F)F. The van der Waals surface area contributed by atoms with Crippen molar-refractivity contribution in [3.63, 3.8) is 0 Å². The molecule has 0 bridgehead atoms. The van der Waals surface area contributed by atoms with Crippen molar-refractivity contribution in [1.82, 2.24) is 0 Å². The maximum Gasteiger partial charge on any atom is 0.480 e. The Labute approximate surface area is 148 Å². The molecule has 0 aliphatic heterocycles. The van der Waals surface area contributed by atoms with Crippen LogP contribution in [0.2, 0.25) is 0 Å². The molecule has 0 saturated heterocycles. The van der Waals surface area contributed by atoms with Gasteiger partial charge in [-0.3, -0.25) is 0 Å². The molecule has 0 spiro atoms. The lowest BCUT2D eigenvalue weighted by Gasteiger charge is -2.34. The highest BCUT2D eigenvalue weighted by atomic mass is 32.3. The highest BCUT2D eigenvalue weighted by molar-refractivity contribution is 8.13. The molecule has 0 aromatic heterocycles. The molecule has 0 fully saturated rings. The third-order valence-electron chi connectivity index (χ3n) is 3.16. The topological polar surface area (TPSA) is 82.4 Å². The van der Waals surface area contributed by atoms with Crippen molar-refractivity contribution in [2.75, 3.05) is 26.2 Å². The first-order valence-corrected chi connectivity index (χ1v) is 9.77. The van der Waals surface area contributed by atoms with Gasteiger partial charge in [0.15, 0.2) is 20.0 Å². The van der Waals surface area contributed by atoms with Crippen molar-refractivity contribution in [2.24, 2.45) is 0 Å². The van der Waals surface area contributed by atoms with E-state index in [9.17, 15) is 43.2 Å². The Morgan fingerprint density at radius 2 is 1.08 bits per heavy atom. The fourth-order valence-electron chi connectivity index (χ4n) is 1.58. The normalized spacial score (nSPS) is 13.5. The van der Waals surface area contributed by atoms with Crippen LogP contribution in [0.15, 0.2) is 25.3 Å². The molecule has 0 unspecified atom stereocenters. The monoisotopic (exact) mass is 434 g/mol. The molecular weight excluding hydrogens is 414 g/mol. The average Bonchev–Trinajstić information content (AvgIpc) is 2.44. The molecule has 14 heteroatoms. The summed E-state index contributed by atoms with van der Waals surface area (Å²) in [6, 6.07) is 0. The second-order valence-electron chi connectivity index (χ2n) is 4.83. The molecule has 0 radical (unpaired) electrons. The second-order valence-corrected chi connectivity index (χ2v) is 8.26. The fourth-order valence-corrected chi connectivity index (χ4v) is 3.29. The van der Waals surface area contributed by atoms with Crippen LogP contribution >= 0.6 is 0 Å². The van der Waals surface area contributed by atoms with Gasteiger partial charge in [-0.2, -0.15) is 26.3 Å². The number of nitrogens with zero attached hydrogens (tertiary/aromatic N) is 2. The summed E-state index contributed by atoms with van der Waals surface area (Å²) in [5, 5.41) is 0. The first-order valence-electron chi connectivity index (χ1n) is 6.89. The number of alkyl halides is 6. The average molecular weight is 434 g/mol. The standard InChI is InChI=1S/C10H20N.C2F6NO4S2/c1-5-9-11(7-3,8-4)10-6-2;3-1(4,5)14(10,11)9-15(12,13)2(6,7)8/h5-6H,1-2,7-10H2,3-4H3;/q+1;-1. The zero-order chi connectivity index (χ0) is 21.4. The van der Waals surface area contributed by atoms with E-state index in [2.05, 4.69) is 27.0 Å². The minimum Gasteiger partial charge on any atom is -0.421 e. The van der Waals surface area contributed by atoms with Gasteiger partial charge >= 0.3 is 11.0 Å². The van der Waals surface area contributed by atoms with Crippen LogP contribution in [0.25, 0.3) is 4.13 Å². The number of sulfonamides is 2. The van der Waals surface area contributed by atoms with Crippen molar-refractivity contribution in [3.05, 3.63) is 29.4 Å². The molecule has 0 aromatic carbocycles. The van der Waals surface area contributed by atoms with Gasteiger partial charge in [-0.25, -0.2) is 16.8 Å². The summed E-state index contributed by atoms with van der Waals surface area (Å²) in [6.07, 6.45) is 3.99. The Morgan fingerprint density at radius 3 is 1.23 bits per heavy atom. The van der Waals surface area contributed by atoms with Crippen molar-refractivity contribution >= 4 is 20.0 Å². The van der Waals surface area contributed by atoms with Crippen molar-refractivity contribution in [1.29, 1.82) is 0 Å². The van der Waals surface area contributed by atoms with Crippen LogP contribution in [0.1, 0.15) is 13.8 Å². The van der Waals surface area contributed by atoms with E-state index in [1.54, 1.807) is 0 Å². The summed E-state index contributed by atoms with van der Waals surface area (Å²) in [5.41, 5.74) is -12.4. The third kappa shape index (κ3) is 8.05. The Balaban J connectivity index is 0. The van der Waals surface area contributed by atoms with Crippen molar-refractivity contribution < 1.29 is 47.7 Å². The summed E-state index contributed by atoms with van der Waals surface area (Å²) < 4.78 is 110. The molecule has 156 valence electrons. The highest BCUT2D eigenvalue weighted by Crippen LogP contribution is 2.36. The van der Waals surface area contributed by atoms with Gasteiger partial charge in [0, 0.05) is 0 Å².